The number of aryl methyl sites for hydroxylation is 1. The number of nitrogens with one attached hydrogen (secondary N) is 1. The predicted octanol–water partition coefficient (Wildman–Crippen LogP) is 0.810. The van der Waals surface area contributed by atoms with Gasteiger partial charge in [0.1, 0.15) is 0 Å². The van der Waals surface area contributed by atoms with E-state index in [2.05, 4.69) is 5.32 Å². The highest BCUT2D eigenvalue weighted by Gasteiger charge is 2.22. The highest BCUT2D eigenvalue weighted by molar-refractivity contribution is 5.96. The summed E-state index contributed by atoms with van der Waals surface area (Å²) in [5.74, 6) is -0.205. The van der Waals surface area contributed by atoms with E-state index in [1.807, 2.05) is 6.92 Å². The molecule has 25 heavy (non-hydrogen) atoms. The fraction of sp³-hybridized carbons (Fsp3) is 0.471. The molecule has 1 aliphatic heterocycles. The van der Waals surface area contributed by atoms with Crippen LogP contribution >= 0.6 is 12.4 Å². The molecule has 0 aliphatic carbocycles. The number of piperazine rings is 1. The number of carbonyl (C=O) groups is 3. The van der Waals surface area contributed by atoms with Crippen molar-refractivity contribution >= 4 is 35.8 Å². The molecule has 1 aliphatic rings. The Kier molecular flexibility index (Phi) is 7.70. The van der Waals surface area contributed by atoms with E-state index in [1.54, 1.807) is 28.0 Å². The fourth-order valence-corrected chi connectivity index (χ4v) is 2.69. The molecule has 0 radical (unpaired) electrons. The van der Waals surface area contributed by atoms with E-state index >= 15 is 0 Å². The van der Waals surface area contributed by atoms with Crippen molar-refractivity contribution in [3.05, 3.63) is 29.3 Å². The van der Waals surface area contributed by atoms with Gasteiger partial charge in [-0.1, -0.05) is 6.07 Å². The average molecular weight is 369 g/mol. The van der Waals surface area contributed by atoms with Gasteiger partial charge in [-0.3, -0.25) is 14.4 Å². The van der Waals surface area contributed by atoms with Gasteiger partial charge in [-0.25, -0.2) is 0 Å². The predicted molar refractivity (Wildman–Crippen MR) is 98.6 cm³/mol. The maximum atomic E-state index is 12.2. The van der Waals surface area contributed by atoms with Crippen LogP contribution in [0.5, 0.6) is 0 Å². The van der Waals surface area contributed by atoms with Gasteiger partial charge in [0.25, 0.3) is 5.91 Å². The molecule has 0 atom stereocenters. The average Bonchev–Trinajstić information content (AvgIpc) is 2.56. The van der Waals surface area contributed by atoms with Crippen LogP contribution < -0.4 is 11.1 Å². The minimum Gasteiger partial charge on any atom is -0.399 e. The number of amides is 3. The van der Waals surface area contributed by atoms with E-state index in [0.29, 0.717) is 37.4 Å². The lowest BCUT2D eigenvalue weighted by molar-refractivity contribution is -0.138. The Morgan fingerprint density at radius 2 is 1.72 bits per heavy atom. The molecule has 1 aromatic rings. The third kappa shape index (κ3) is 5.63. The maximum absolute atomic E-state index is 12.2. The highest BCUT2D eigenvalue weighted by Crippen LogP contribution is 2.12. The van der Waals surface area contributed by atoms with Gasteiger partial charge in [0.15, 0.2) is 0 Å². The van der Waals surface area contributed by atoms with Gasteiger partial charge in [-0.15, -0.1) is 12.4 Å². The van der Waals surface area contributed by atoms with Gasteiger partial charge in [-0.2, -0.15) is 0 Å². The molecule has 0 aromatic heterocycles. The van der Waals surface area contributed by atoms with Crippen molar-refractivity contribution in [2.45, 2.75) is 20.3 Å². The van der Waals surface area contributed by atoms with Gasteiger partial charge >= 0.3 is 0 Å². The summed E-state index contributed by atoms with van der Waals surface area (Å²) >= 11 is 0. The molecule has 1 aromatic carbocycles. The first-order chi connectivity index (χ1) is 11.4. The molecule has 138 valence electrons. The van der Waals surface area contributed by atoms with E-state index in [4.69, 9.17) is 5.73 Å². The number of benzene rings is 1. The third-order valence-corrected chi connectivity index (χ3v) is 4.21. The summed E-state index contributed by atoms with van der Waals surface area (Å²) < 4.78 is 0. The van der Waals surface area contributed by atoms with Crippen molar-refractivity contribution in [2.24, 2.45) is 0 Å². The van der Waals surface area contributed by atoms with Crippen LogP contribution in [0.25, 0.3) is 0 Å². The molecule has 8 heteroatoms. The van der Waals surface area contributed by atoms with Crippen LogP contribution in [0.2, 0.25) is 0 Å². The van der Waals surface area contributed by atoms with Crippen molar-refractivity contribution in [2.75, 3.05) is 38.5 Å². The SMILES string of the molecule is CC(=O)N1CCN(C(=O)CCNC(=O)c2cc(N)ccc2C)CC1.Cl. The van der Waals surface area contributed by atoms with E-state index in [-0.39, 0.29) is 43.1 Å². The molecule has 1 fully saturated rings. The van der Waals surface area contributed by atoms with Crippen LogP contribution in [0.1, 0.15) is 29.3 Å². The molecule has 0 spiro atoms. The number of nitrogens with zero attached hydrogens (tertiary/aromatic N) is 2. The Morgan fingerprint density at radius 1 is 1.12 bits per heavy atom. The molecule has 2 rings (SSSR count). The lowest BCUT2D eigenvalue weighted by Gasteiger charge is -2.34. The zero-order valence-electron chi connectivity index (χ0n) is 14.6. The number of carbonyl (C=O) groups excluding carboxylic acids is 3. The normalized spacial score (nSPS) is 13.8. The first-order valence-corrected chi connectivity index (χ1v) is 8.06. The van der Waals surface area contributed by atoms with E-state index in [9.17, 15) is 14.4 Å². The molecule has 3 N–H and O–H groups in total. The first kappa shape index (κ1) is 20.8. The smallest absolute Gasteiger partial charge is 0.251 e. The van der Waals surface area contributed by atoms with Crippen LogP contribution in [0.15, 0.2) is 18.2 Å². The molecule has 1 saturated heterocycles. The monoisotopic (exact) mass is 368 g/mol. The second-order valence-electron chi connectivity index (χ2n) is 5.97. The molecule has 0 unspecified atom stereocenters. The van der Waals surface area contributed by atoms with E-state index < -0.39 is 0 Å². The molecular weight excluding hydrogens is 344 g/mol. The van der Waals surface area contributed by atoms with E-state index in [1.165, 1.54) is 6.92 Å². The van der Waals surface area contributed by atoms with Crippen molar-refractivity contribution in [3.63, 3.8) is 0 Å². The topological polar surface area (TPSA) is 95.7 Å². The van der Waals surface area contributed by atoms with Crippen LogP contribution in [0.3, 0.4) is 0 Å². The summed E-state index contributed by atoms with van der Waals surface area (Å²) in [6.07, 6.45) is 0.243. The zero-order chi connectivity index (χ0) is 17.7. The molecule has 1 heterocycles. The summed E-state index contributed by atoms with van der Waals surface area (Å²) in [5.41, 5.74) is 7.60. The molecular formula is C17H25ClN4O3. The molecule has 3 amide bonds. The van der Waals surface area contributed by atoms with Crippen molar-refractivity contribution in [3.8, 4) is 0 Å². The van der Waals surface area contributed by atoms with E-state index in [0.717, 1.165) is 5.56 Å². The third-order valence-electron chi connectivity index (χ3n) is 4.21. The Morgan fingerprint density at radius 3 is 2.32 bits per heavy atom. The van der Waals surface area contributed by atoms with Crippen LogP contribution in [-0.4, -0.2) is 60.2 Å². The Balaban J connectivity index is 0.00000312. The quantitative estimate of drug-likeness (QED) is 0.769. The lowest BCUT2D eigenvalue weighted by Crippen LogP contribution is -2.50. The van der Waals surface area contributed by atoms with Gasteiger partial charge < -0.3 is 20.9 Å². The Hall–Kier alpha value is -2.28. The Labute approximate surface area is 153 Å². The van der Waals surface area contributed by atoms with Gasteiger partial charge in [0.2, 0.25) is 11.8 Å². The van der Waals surface area contributed by atoms with Gasteiger partial charge in [0, 0.05) is 57.3 Å². The molecule has 0 bridgehead atoms. The highest BCUT2D eigenvalue weighted by atomic mass is 35.5. The minimum atomic E-state index is -0.228. The zero-order valence-corrected chi connectivity index (χ0v) is 15.4. The number of hydrogen-bond acceptors (Lipinski definition) is 4. The fourth-order valence-electron chi connectivity index (χ4n) is 2.69. The summed E-state index contributed by atoms with van der Waals surface area (Å²) in [7, 11) is 0. The van der Waals surface area contributed by atoms with Crippen molar-refractivity contribution < 1.29 is 14.4 Å². The van der Waals surface area contributed by atoms with Crippen LogP contribution in [-0.2, 0) is 9.59 Å². The number of hydrogen-bond donors (Lipinski definition) is 2. The first-order valence-electron chi connectivity index (χ1n) is 8.06. The van der Waals surface area contributed by atoms with Gasteiger partial charge in [0.05, 0.1) is 0 Å². The van der Waals surface area contributed by atoms with Crippen LogP contribution in [0.4, 0.5) is 5.69 Å². The summed E-state index contributed by atoms with van der Waals surface area (Å²) in [6, 6.07) is 5.17. The summed E-state index contributed by atoms with van der Waals surface area (Å²) in [4.78, 5) is 39.1. The molecule has 0 saturated carbocycles. The Bertz CT molecular complexity index is 643. The minimum absolute atomic E-state index is 0. The number of nitrogens with two attached hydrogens (primary N) is 1. The molecule has 7 nitrogen and oxygen atoms in total. The largest absolute Gasteiger partial charge is 0.399 e. The maximum Gasteiger partial charge on any atom is 0.251 e. The lowest BCUT2D eigenvalue weighted by atomic mass is 10.1. The summed E-state index contributed by atoms with van der Waals surface area (Å²) in [6.45, 7) is 5.87. The standard InChI is InChI=1S/C17H24N4O3.ClH/c1-12-3-4-14(18)11-15(12)17(24)19-6-5-16(23)21-9-7-20(8-10-21)13(2)22;/h3-4,11H,5-10,18H2,1-2H3,(H,19,24);1H. The number of rotatable bonds is 4. The number of anilines is 1. The second kappa shape index (κ2) is 9.27. The van der Waals surface area contributed by atoms with Crippen molar-refractivity contribution in [1.29, 1.82) is 0 Å². The second-order valence-corrected chi connectivity index (χ2v) is 5.97. The van der Waals surface area contributed by atoms with Crippen molar-refractivity contribution in [1.82, 2.24) is 15.1 Å². The van der Waals surface area contributed by atoms with Crippen LogP contribution in [0, 0.1) is 6.92 Å². The summed E-state index contributed by atoms with van der Waals surface area (Å²) in [5, 5.41) is 2.76. The number of halogens is 1. The van der Waals surface area contributed by atoms with Gasteiger partial charge in [-0.05, 0) is 24.6 Å². The number of nitrogen functional groups attached to an aromatic ring is 1.